The molecule has 2 heterocycles. The standard InChI is InChI=1S/C25H30O15/c1-11(9-19(26)13(3)23-37-38-23)21(28)33-15(5)31-17(7)35-25(30)36-18(8)32-16(6)34-22(29)12(2)10-20(27)14(4)24-39-40-24/h9-10,15-18H,1-8H3/b11-9+,12-10+. The van der Waals surface area contributed by atoms with Crippen molar-refractivity contribution in [3.05, 3.63) is 46.3 Å². The lowest BCUT2D eigenvalue weighted by Gasteiger charge is -2.22. The van der Waals surface area contributed by atoms with Gasteiger partial charge in [-0.05, 0) is 67.5 Å². The smallest absolute Gasteiger partial charge is 0.433 e. The van der Waals surface area contributed by atoms with Crippen LogP contribution in [0.25, 0.3) is 0 Å². The zero-order valence-corrected chi connectivity index (χ0v) is 23.1. The Morgan fingerprint density at radius 1 is 0.550 bits per heavy atom. The van der Waals surface area contributed by atoms with Crippen LogP contribution in [0.1, 0.15) is 55.4 Å². The highest BCUT2D eigenvalue weighted by Gasteiger charge is 2.28. The number of carbonyl (C=O) groups excluding carboxylic acids is 5. The molecule has 0 amide bonds. The molecule has 0 aromatic carbocycles. The van der Waals surface area contributed by atoms with Crippen LogP contribution in [-0.2, 0) is 67.1 Å². The van der Waals surface area contributed by atoms with Crippen LogP contribution in [0.5, 0.6) is 0 Å². The van der Waals surface area contributed by atoms with Crippen molar-refractivity contribution in [2.75, 3.05) is 0 Å². The van der Waals surface area contributed by atoms with Gasteiger partial charge in [-0.15, -0.1) is 0 Å². The molecule has 0 radical (unpaired) electrons. The monoisotopic (exact) mass is 570 g/mol. The molecule has 0 aromatic heterocycles. The van der Waals surface area contributed by atoms with Crippen LogP contribution < -0.4 is 0 Å². The molecule has 4 atom stereocenters. The molecule has 0 aromatic rings. The lowest BCUT2D eigenvalue weighted by atomic mass is 10.1. The number of hydrogen-bond donors (Lipinski definition) is 0. The van der Waals surface area contributed by atoms with Crippen molar-refractivity contribution in [1.29, 1.82) is 0 Å². The van der Waals surface area contributed by atoms with Crippen LogP contribution >= 0.6 is 0 Å². The maximum atomic E-state index is 12.2. The summed E-state index contributed by atoms with van der Waals surface area (Å²) in [6.45, 7) is 11.1. The van der Waals surface area contributed by atoms with E-state index in [9.17, 15) is 24.0 Å². The van der Waals surface area contributed by atoms with Crippen LogP contribution in [0.15, 0.2) is 46.3 Å². The van der Waals surface area contributed by atoms with Gasteiger partial charge < -0.3 is 28.4 Å². The first-order valence-corrected chi connectivity index (χ1v) is 11.8. The second kappa shape index (κ2) is 14.1. The van der Waals surface area contributed by atoms with Crippen molar-refractivity contribution in [3.8, 4) is 0 Å². The first-order chi connectivity index (χ1) is 18.7. The van der Waals surface area contributed by atoms with Gasteiger partial charge in [0.05, 0.1) is 11.1 Å². The number of carbonyl (C=O) groups is 5. The Bertz CT molecular complexity index is 1060. The zero-order valence-electron chi connectivity index (χ0n) is 23.1. The van der Waals surface area contributed by atoms with E-state index < -0.39 is 54.8 Å². The molecule has 15 nitrogen and oxygen atoms in total. The number of hydrogen-bond acceptors (Lipinski definition) is 15. The van der Waals surface area contributed by atoms with E-state index in [1.807, 2.05) is 0 Å². The predicted octanol–water partition coefficient (Wildman–Crippen LogP) is 3.06. The topological polar surface area (TPSA) is 191 Å². The van der Waals surface area contributed by atoms with Crippen molar-refractivity contribution >= 4 is 29.7 Å². The van der Waals surface area contributed by atoms with E-state index in [-0.39, 0.29) is 34.2 Å². The minimum Gasteiger partial charge on any atom is -0.433 e. The molecule has 220 valence electrons. The number of allylic oxidation sites excluding steroid dienone is 4. The summed E-state index contributed by atoms with van der Waals surface area (Å²) in [5, 5.41) is 0. The predicted molar refractivity (Wildman–Crippen MR) is 127 cm³/mol. The summed E-state index contributed by atoms with van der Waals surface area (Å²) in [6, 6.07) is 0. The Kier molecular flexibility index (Phi) is 11.3. The van der Waals surface area contributed by atoms with Crippen molar-refractivity contribution in [2.24, 2.45) is 0 Å². The third-order valence-corrected chi connectivity index (χ3v) is 4.86. The molecule has 2 saturated heterocycles. The summed E-state index contributed by atoms with van der Waals surface area (Å²) >= 11 is 0. The lowest BCUT2D eigenvalue weighted by Crippen LogP contribution is -2.30. The molecule has 0 aliphatic carbocycles. The summed E-state index contributed by atoms with van der Waals surface area (Å²) < 4.78 is 30.5. The van der Waals surface area contributed by atoms with Gasteiger partial charge in [0.25, 0.3) is 0 Å². The molecule has 0 N–H and O–H groups in total. The first-order valence-electron chi connectivity index (χ1n) is 11.8. The van der Waals surface area contributed by atoms with E-state index >= 15 is 0 Å². The van der Waals surface area contributed by atoms with E-state index in [1.165, 1.54) is 55.4 Å². The SMILES string of the molecule is CC(C(=O)/C=C(\C)C(=O)OC(C)OC(C)OC(=O)OC(C)OC(C)OC(=O)/C(C)=C/C(=O)C(C)=C1OO1)=C1OO1. The van der Waals surface area contributed by atoms with E-state index in [2.05, 4.69) is 19.6 Å². The number of ketones is 2. The molecule has 2 fully saturated rings. The molecule has 2 rings (SSSR count). The van der Waals surface area contributed by atoms with Gasteiger partial charge in [-0.2, -0.15) is 0 Å². The third-order valence-electron chi connectivity index (χ3n) is 4.86. The van der Waals surface area contributed by atoms with Crippen molar-refractivity contribution < 1.29 is 71.9 Å². The lowest BCUT2D eigenvalue weighted by molar-refractivity contribution is -0.234. The van der Waals surface area contributed by atoms with Crippen LogP contribution in [-0.4, -0.2) is 54.8 Å². The maximum absolute atomic E-state index is 12.2. The second-order valence-corrected chi connectivity index (χ2v) is 8.38. The number of rotatable bonds is 14. The van der Waals surface area contributed by atoms with Gasteiger partial charge >= 0.3 is 30.0 Å². The third kappa shape index (κ3) is 10.8. The van der Waals surface area contributed by atoms with Crippen molar-refractivity contribution in [2.45, 2.75) is 80.6 Å². The molecular formula is C25H30O15. The van der Waals surface area contributed by atoms with E-state index in [4.69, 9.17) is 28.4 Å². The molecule has 0 saturated carbocycles. The summed E-state index contributed by atoms with van der Waals surface area (Å²) in [7, 11) is 0. The Labute approximate surface area is 229 Å². The van der Waals surface area contributed by atoms with Crippen LogP contribution in [0, 0.1) is 0 Å². The van der Waals surface area contributed by atoms with Gasteiger partial charge in [-0.25, -0.2) is 33.9 Å². The summed E-state index contributed by atoms with van der Waals surface area (Å²) in [5.74, 6) is -2.53. The molecule has 4 unspecified atom stereocenters. The molecule has 2 aliphatic rings. The average molecular weight is 571 g/mol. The molecule has 0 spiro atoms. The molecule has 40 heavy (non-hydrogen) atoms. The fourth-order valence-electron chi connectivity index (χ4n) is 2.66. The average Bonchev–Trinajstić information content (AvgIpc) is 3.75. The highest BCUT2D eigenvalue weighted by atomic mass is 17.4. The molecule has 0 bridgehead atoms. The van der Waals surface area contributed by atoms with Gasteiger partial charge in [0.2, 0.25) is 25.2 Å². The number of ether oxygens (including phenoxy) is 6. The molecule has 15 heteroatoms. The highest BCUT2D eigenvalue weighted by Crippen LogP contribution is 2.24. The van der Waals surface area contributed by atoms with Gasteiger partial charge in [-0.3, -0.25) is 9.59 Å². The van der Waals surface area contributed by atoms with Gasteiger partial charge in [0.1, 0.15) is 0 Å². The Balaban J connectivity index is 1.71. The Morgan fingerprint density at radius 2 is 0.850 bits per heavy atom. The fourth-order valence-corrected chi connectivity index (χ4v) is 2.66. The van der Waals surface area contributed by atoms with E-state index in [1.54, 1.807) is 0 Å². The van der Waals surface area contributed by atoms with Crippen molar-refractivity contribution in [1.82, 2.24) is 0 Å². The molecule has 2 aliphatic heterocycles. The molecular weight excluding hydrogens is 540 g/mol. The van der Waals surface area contributed by atoms with Crippen LogP contribution in [0.2, 0.25) is 0 Å². The van der Waals surface area contributed by atoms with E-state index in [0.717, 1.165) is 12.2 Å². The van der Waals surface area contributed by atoms with Crippen LogP contribution in [0.4, 0.5) is 4.79 Å². The summed E-state index contributed by atoms with van der Waals surface area (Å²) in [6.07, 6.45) is -3.84. The van der Waals surface area contributed by atoms with Gasteiger partial charge in [0.15, 0.2) is 11.6 Å². The highest BCUT2D eigenvalue weighted by molar-refractivity contribution is 6.08. The normalized spacial score (nSPS) is 16.8. The van der Waals surface area contributed by atoms with Crippen molar-refractivity contribution in [3.63, 3.8) is 0 Å². The zero-order chi connectivity index (χ0) is 30.1. The minimum absolute atomic E-state index is 0.0120. The fraction of sp³-hybridized carbons (Fsp3) is 0.480. The first kappa shape index (κ1) is 31.8. The van der Waals surface area contributed by atoms with Gasteiger partial charge in [0, 0.05) is 11.1 Å². The summed E-state index contributed by atoms with van der Waals surface area (Å²) in [4.78, 5) is 78.1. The Hall–Kier alpha value is -4.37. The quantitative estimate of drug-likeness (QED) is 0.0738. The Morgan fingerprint density at radius 3 is 1.15 bits per heavy atom. The summed E-state index contributed by atoms with van der Waals surface area (Å²) in [5.41, 5.74) is 0.347. The maximum Gasteiger partial charge on any atom is 0.512 e. The second-order valence-electron chi connectivity index (χ2n) is 8.38. The largest absolute Gasteiger partial charge is 0.512 e. The van der Waals surface area contributed by atoms with Gasteiger partial charge in [-0.1, -0.05) is 0 Å². The minimum atomic E-state index is -1.21. The van der Waals surface area contributed by atoms with E-state index in [0.29, 0.717) is 0 Å². The number of esters is 2. The van der Waals surface area contributed by atoms with Crippen LogP contribution in [0.3, 0.4) is 0 Å².